The van der Waals surface area contributed by atoms with Gasteiger partial charge in [-0.15, -0.1) is 11.3 Å². The number of hydrogen-bond donors (Lipinski definition) is 2. The van der Waals surface area contributed by atoms with Crippen LogP contribution in [0, 0.1) is 0 Å². The molecule has 1 unspecified atom stereocenters. The molecule has 1 atom stereocenters. The Morgan fingerprint density at radius 2 is 1.90 bits per heavy atom. The van der Waals surface area contributed by atoms with E-state index >= 15 is 0 Å². The van der Waals surface area contributed by atoms with Gasteiger partial charge in [-0.2, -0.15) is 0 Å². The van der Waals surface area contributed by atoms with Crippen molar-refractivity contribution < 1.29 is 9.59 Å². The summed E-state index contributed by atoms with van der Waals surface area (Å²) < 4.78 is 1.59. The number of amides is 3. The van der Waals surface area contributed by atoms with Crippen LogP contribution in [0.2, 0.25) is 0 Å². The lowest BCUT2D eigenvalue weighted by Crippen LogP contribution is -2.41. The van der Waals surface area contributed by atoms with Gasteiger partial charge in [0.05, 0.1) is 16.3 Å². The average molecular weight is 457 g/mol. The number of aromatic nitrogens is 2. The first-order valence-corrected chi connectivity index (χ1v) is 12.0. The molecule has 1 aromatic carbocycles. The SMILES string of the molecule is CNC(=O)NC(=O)C(C)Sc1nc2sc3c(c2c(=O)n1-c1ccccc1)CCCCC3. The standard InChI is InChI=1S/C22H24N4O3S2/c1-13(18(27)24-21(29)23-2)30-22-25-19-17(15-11-7-4-8-12-16(15)31-19)20(28)26(22)14-9-5-3-6-10-14/h3,5-6,9-10,13H,4,7-8,11-12H2,1-2H3,(H2,23,24,27,29). The van der Waals surface area contributed by atoms with Gasteiger partial charge in [0.2, 0.25) is 5.91 Å². The fraction of sp³-hybridized carbons (Fsp3) is 0.364. The van der Waals surface area contributed by atoms with Gasteiger partial charge in [-0.25, -0.2) is 9.78 Å². The summed E-state index contributed by atoms with van der Waals surface area (Å²) in [7, 11) is 1.45. The Kier molecular flexibility index (Phi) is 6.43. The molecule has 1 aliphatic rings. The molecule has 1 aliphatic carbocycles. The number of benzene rings is 1. The van der Waals surface area contributed by atoms with Gasteiger partial charge in [0.25, 0.3) is 5.56 Å². The van der Waals surface area contributed by atoms with Gasteiger partial charge in [-0.05, 0) is 50.3 Å². The Morgan fingerprint density at radius 1 is 1.16 bits per heavy atom. The van der Waals surface area contributed by atoms with Crippen molar-refractivity contribution in [3.05, 3.63) is 51.1 Å². The highest BCUT2D eigenvalue weighted by Gasteiger charge is 2.25. The Balaban J connectivity index is 1.83. The minimum Gasteiger partial charge on any atom is -0.341 e. The zero-order chi connectivity index (χ0) is 22.0. The molecule has 2 aromatic heterocycles. The summed E-state index contributed by atoms with van der Waals surface area (Å²) >= 11 is 2.76. The van der Waals surface area contributed by atoms with Crippen molar-refractivity contribution in [1.82, 2.24) is 20.2 Å². The van der Waals surface area contributed by atoms with Gasteiger partial charge < -0.3 is 5.32 Å². The monoisotopic (exact) mass is 456 g/mol. The Labute approximate surface area is 188 Å². The van der Waals surface area contributed by atoms with Crippen molar-refractivity contribution in [2.24, 2.45) is 0 Å². The van der Waals surface area contributed by atoms with Crippen molar-refractivity contribution in [2.45, 2.75) is 49.4 Å². The minimum absolute atomic E-state index is 0.1000. The minimum atomic E-state index is -0.616. The van der Waals surface area contributed by atoms with E-state index < -0.39 is 17.2 Å². The number of carbonyl (C=O) groups is 2. The van der Waals surface area contributed by atoms with Gasteiger partial charge >= 0.3 is 6.03 Å². The van der Waals surface area contributed by atoms with Crippen molar-refractivity contribution in [1.29, 1.82) is 0 Å². The number of carbonyl (C=O) groups excluding carboxylic acids is 2. The summed E-state index contributed by atoms with van der Waals surface area (Å²) in [5.74, 6) is -0.444. The van der Waals surface area contributed by atoms with E-state index in [1.165, 1.54) is 30.1 Å². The molecule has 162 valence electrons. The molecule has 0 radical (unpaired) electrons. The van der Waals surface area contributed by atoms with Crippen LogP contribution in [0.25, 0.3) is 15.9 Å². The lowest BCUT2D eigenvalue weighted by atomic mass is 10.1. The number of thioether (sulfide) groups is 1. The lowest BCUT2D eigenvalue weighted by Gasteiger charge is -2.15. The molecule has 31 heavy (non-hydrogen) atoms. The third-order valence-corrected chi connectivity index (χ3v) is 7.58. The first-order valence-electron chi connectivity index (χ1n) is 10.3. The zero-order valence-corrected chi connectivity index (χ0v) is 19.1. The molecular formula is C22H24N4O3S2. The third kappa shape index (κ3) is 4.38. The summed E-state index contributed by atoms with van der Waals surface area (Å²) in [4.78, 5) is 44.5. The number of thiophene rings is 1. The first-order chi connectivity index (χ1) is 15.0. The predicted octanol–water partition coefficient (Wildman–Crippen LogP) is 3.65. The van der Waals surface area contributed by atoms with Crippen molar-refractivity contribution in [2.75, 3.05) is 7.05 Å². The number of urea groups is 1. The van der Waals surface area contributed by atoms with E-state index in [0.717, 1.165) is 36.1 Å². The van der Waals surface area contributed by atoms with E-state index in [4.69, 9.17) is 4.98 Å². The van der Waals surface area contributed by atoms with E-state index in [2.05, 4.69) is 10.6 Å². The molecule has 3 amide bonds. The highest BCUT2D eigenvalue weighted by Crippen LogP contribution is 2.35. The number of para-hydroxylation sites is 1. The molecule has 4 rings (SSSR count). The molecule has 2 heterocycles. The molecule has 9 heteroatoms. The molecule has 0 saturated heterocycles. The van der Waals surface area contributed by atoms with Crippen LogP contribution in [-0.4, -0.2) is 33.8 Å². The smallest absolute Gasteiger partial charge is 0.321 e. The largest absolute Gasteiger partial charge is 0.341 e. The normalized spacial score (nSPS) is 14.5. The number of aryl methyl sites for hydroxylation is 2. The van der Waals surface area contributed by atoms with E-state index in [1.54, 1.807) is 22.8 Å². The molecular weight excluding hydrogens is 432 g/mol. The second-order valence-electron chi connectivity index (χ2n) is 7.44. The van der Waals surface area contributed by atoms with Crippen LogP contribution in [0.1, 0.15) is 36.6 Å². The third-order valence-electron chi connectivity index (χ3n) is 5.34. The highest BCUT2D eigenvalue weighted by atomic mass is 32.2. The number of imide groups is 1. The zero-order valence-electron chi connectivity index (χ0n) is 17.4. The molecule has 7 nitrogen and oxygen atoms in total. The second-order valence-corrected chi connectivity index (χ2v) is 9.84. The summed E-state index contributed by atoms with van der Waals surface area (Å²) in [5, 5.41) is 5.19. The second kappa shape index (κ2) is 9.23. The van der Waals surface area contributed by atoms with Crippen molar-refractivity contribution in [3.8, 4) is 5.69 Å². The van der Waals surface area contributed by atoms with E-state index in [-0.39, 0.29) is 5.56 Å². The fourth-order valence-electron chi connectivity index (χ4n) is 3.73. The maximum atomic E-state index is 13.7. The maximum Gasteiger partial charge on any atom is 0.321 e. The van der Waals surface area contributed by atoms with Crippen LogP contribution in [0.5, 0.6) is 0 Å². The van der Waals surface area contributed by atoms with Crippen LogP contribution in [-0.2, 0) is 17.6 Å². The molecule has 2 N–H and O–H groups in total. The van der Waals surface area contributed by atoms with Crippen LogP contribution in [0.15, 0.2) is 40.3 Å². The number of fused-ring (bicyclic) bond motifs is 3. The van der Waals surface area contributed by atoms with Crippen molar-refractivity contribution in [3.63, 3.8) is 0 Å². The maximum absolute atomic E-state index is 13.7. The Morgan fingerprint density at radius 3 is 2.65 bits per heavy atom. The molecule has 0 saturated carbocycles. The molecule has 0 spiro atoms. The molecule has 0 fully saturated rings. The number of hydrogen-bond acceptors (Lipinski definition) is 6. The van der Waals surface area contributed by atoms with Crippen LogP contribution >= 0.6 is 23.1 Å². The van der Waals surface area contributed by atoms with Crippen molar-refractivity contribution >= 4 is 45.3 Å². The van der Waals surface area contributed by atoms with Gasteiger partial charge in [0.1, 0.15) is 4.83 Å². The summed E-state index contributed by atoms with van der Waals surface area (Å²) in [6.45, 7) is 1.69. The Bertz CT molecular complexity index is 1190. The van der Waals surface area contributed by atoms with E-state index in [1.807, 2.05) is 30.3 Å². The lowest BCUT2D eigenvalue weighted by molar-refractivity contribution is -0.119. The molecule has 0 bridgehead atoms. The summed E-state index contributed by atoms with van der Waals surface area (Å²) in [6, 6.07) is 8.79. The first kappa shape index (κ1) is 21.6. The Hall–Kier alpha value is -2.65. The topological polar surface area (TPSA) is 93.1 Å². The van der Waals surface area contributed by atoms with Gasteiger partial charge in [-0.1, -0.05) is 36.4 Å². The fourth-order valence-corrected chi connectivity index (χ4v) is 5.96. The van der Waals surface area contributed by atoms with Crippen LogP contribution < -0.4 is 16.2 Å². The van der Waals surface area contributed by atoms with Crippen LogP contribution in [0.3, 0.4) is 0 Å². The predicted molar refractivity (Wildman–Crippen MR) is 124 cm³/mol. The van der Waals surface area contributed by atoms with Gasteiger partial charge in [0, 0.05) is 11.9 Å². The highest BCUT2D eigenvalue weighted by molar-refractivity contribution is 8.00. The van der Waals surface area contributed by atoms with Gasteiger partial charge in [0.15, 0.2) is 5.16 Å². The molecule has 0 aliphatic heterocycles. The van der Waals surface area contributed by atoms with E-state index in [9.17, 15) is 14.4 Å². The van der Waals surface area contributed by atoms with Crippen LogP contribution in [0.4, 0.5) is 4.79 Å². The average Bonchev–Trinajstić information content (AvgIpc) is 2.95. The quantitative estimate of drug-likeness (QED) is 0.355. The number of nitrogens with one attached hydrogen (secondary N) is 2. The van der Waals surface area contributed by atoms with E-state index in [0.29, 0.717) is 16.2 Å². The van der Waals surface area contributed by atoms with Gasteiger partial charge in [-0.3, -0.25) is 19.5 Å². The summed E-state index contributed by atoms with van der Waals surface area (Å²) in [5.41, 5.74) is 1.75. The number of nitrogens with zero attached hydrogens (tertiary/aromatic N) is 2. The number of rotatable bonds is 4. The molecule has 3 aromatic rings. The summed E-state index contributed by atoms with van der Waals surface area (Å²) in [6.07, 6.45) is 5.27.